The summed E-state index contributed by atoms with van der Waals surface area (Å²) in [6.45, 7) is 2.04. The summed E-state index contributed by atoms with van der Waals surface area (Å²) < 4.78 is 10.2. The molecule has 162 valence electrons. The van der Waals surface area contributed by atoms with Crippen LogP contribution in [0.25, 0.3) is 5.76 Å². The average molecular weight is 426 g/mol. The predicted molar refractivity (Wildman–Crippen MR) is 112 cm³/mol. The highest BCUT2D eigenvalue weighted by Gasteiger charge is 2.46. The van der Waals surface area contributed by atoms with Gasteiger partial charge < -0.3 is 19.5 Å². The van der Waals surface area contributed by atoms with E-state index in [1.165, 1.54) is 43.4 Å². The van der Waals surface area contributed by atoms with Gasteiger partial charge >= 0.3 is 0 Å². The maximum absolute atomic E-state index is 12.9. The minimum absolute atomic E-state index is 0.0803. The fraction of sp³-hybridized carbons (Fsp3) is 0.273. The van der Waals surface area contributed by atoms with E-state index in [0.29, 0.717) is 22.4 Å². The minimum atomic E-state index is -0.905. The summed E-state index contributed by atoms with van der Waals surface area (Å²) in [4.78, 5) is 37.4. The number of hydrogen-bond acceptors (Lipinski definition) is 7. The number of nitrogens with zero attached hydrogens (tertiary/aromatic N) is 2. The molecule has 1 N–H and O–H groups in total. The number of methoxy groups -OCH3 is 2. The second-order valence-corrected chi connectivity index (χ2v) is 7.01. The summed E-state index contributed by atoms with van der Waals surface area (Å²) in [5.74, 6) is -1.33. The number of nitro benzene ring substituents is 1. The molecule has 9 heteroatoms. The lowest BCUT2D eigenvalue weighted by Gasteiger charge is -2.25. The molecular formula is C22H22N2O7. The van der Waals surface area contributed by atoms with Crippen molar-refractivity contribution >= 4 is 23.1 Å². The highest BCUT2D eigenvalue weighted by molar-refractivity contribution is 6.46. The van der Waals surface area contributed by atoms with Gasteiger partial charge in [-0.25, -0.2) is 0 Å². The first kappa shape index (κ1) is 22.0. The highest BCUT2D eigenvalue weighted by atomic mass is 16.6. The number of ether oxygens (including phenoxy) is 2. The zero-order valence-electron chi connectivity index (χ0n) is 17.3. The van der Waals surface area contributed by atoms with Gasteiger partial charge in [-0.1, -0.05) is 0 Å². The molecule has 2 aromatic rings. The van der Waals surface area contributed by atoms with Crippen LogP contribution < -0.4 is 4.74 Å². The van der Waals surface area contributed by atoms with Crippen molar-refractivity contribution in [3.05, 3.63) is 74.8 Å². The average Bonchev–Trinajstić information content (AvgIpc) is 3.01. The molecule has 0 spiro atoms. The molecule has 1 aliphatic heterocycles. The van der Waals surface area contributed by atoms with Crippen molar-refractivity contribution in [1.82, 2.24) is 4.90 Å². The maximum Gasteiger partial charge on any atom is 0.295 e. The van der Waals surface area contributed by atoms with Crippen molar-refractivity contribution in [2.45, 2.75) is 13.0 Å². The van der Waals surface area contributed by atoms with Gasteiger partial charge in [0.25, 0.3) is 17.4 Å². The Hall–Kier alpha value is -3.72. The molecule has 9 nitrogen and oxygen atoms in total. The Morgan fingerprint density at radius 3 is 2.39 bits per heavy atom. The van der Waals surface area contributed by atoms with Crippen LogP contribution in [-0.4, -0.2) is 54.0 Å². The smallest absolute Gasteiger partial charge is 0.295 e. The minimum Gasteiger partial charge on any atom is -0.507 e. The molecule has 0 radical (unpaired) electrons. The molecule has 0 aliphatic carbocycles. The Morgan fingerprint density at radius 2 is 1.84 bits per heavy atom. The quantitative estimate of drug-likeness (QED) is 0.238. The van der Waals surface area contributed by atoms with Crippen LogP contribution in [0.5, 0.6) is 5.75 Å². The summed E-state index contributed by atoms with van der Waals surface area (Å²) in [6, 6.07) is 9.59. The Kier molecular flexibility index (Phi) is 6.36. The van der Waals surface area contributed by atoms with Gasteiger partial charge in [0.15, 0.2) is 0 Å². The molecule has 3 rings (SSSR count). The normalized spacial score (nSPS) is 17.8. The van der Waals surface area contributed by atoms with Crippen LogP contribution in [0, 0.1) is 17.0 Å². The first-order chi connectivity index (χ1) is 14.8. The van der Waals surface area contributed by atoms with E-state index < -0.39 is 22.7 Å². The molecule has 31 heavy (non-hydrogen) atoms. The van der Waals surface area contributed by atoms with Crippen LogP contribution in [0.15, 0.2) is 48.0 Å². The fourth-order valence-electron chi connectivity index (χ4n) is 3.60. The number of aryl methyl sites for hydroxylation is 1. The Labute approximate surface area is 178 Å². The lowest BCUT2D eigenvalue weighted by atomic mass is 9.93. The van der Waals surface area contributed by atoms with E-state index in [4.69, 9.17) is 9.47 Å². The number of likely N-dealkylation sites (tertiary alicyclic amines) is 1. The van der Waals surface area contributed by atoms with Crippen LogP contribution in [0.3, 0.4) is 0 Å². The van der Waals surface area contributed by atoms with E-state index in [1.807, 2.05) is 0 Å². The predicted octanol–water partition coefficient (Wildman–Crippen LogP) is 2.98. The van der Waals surface area contributed by atoms with Gasteiger partial charge in [-0.3, -0.25) is 19.7 Å². The molecule has 1 unspecified atom stereocenters. The second-order valence-electron chi connectivity index (χ2n) is 7.01. The van der Waals surface area contributed by atoms with E-state index in [9.17, 15) is 24.8 Å². The standard InChI is InChI=1S/C22H22N2O7/c1-13-12-16(31-3)8-9-17(13)20(25)18-19(14-4-6-15(7-5-14)24(28)29)23(10-11-30-2)22(27)21(18)26/h4-9,12,19,25H,10-11H2,1-3H3/b20-18+. The number of ketones is 1. The monoisotopic (exact) mass is 426 g/mol. The van der Waals surface area contributed by atoms with Gasteiger partial charge in [-0.2, -0.15) is 0 Å². The van der Waals surface area contributed by atoms with Gasteiger partial charge in [-0.05, 0) is 48.4 Å². The van der Waals surface area contributed by atoms with Crippen molar-refractivity contribution in [1.29, 1.82) is 0 Å². The first-order valence-electron chi connectivity index (χ1n) is 9.46. The van der Waals surface area contributed by atoms with E-state index in [1.54, 1.807) is 25.1 Å². The number of Topliss-reactive ketones (excluding diaryl/α,β-unsaturated/α-hetero) is 1. The SMILES string of the molecule is COCCN1C(=O)C(=O)/C(=C(/O)c2ccc(OC)cc2C)C1c1ccc([N+](=O)[O-])cc1. The zero-order chi connectivity index (χ0) is 22.7. The van der Waals surface area contributed by atoms with E-state index in [0.717, 1.165) is 0 Å². The van der Waals surface area contributed by atoms with Crippen molar-refractivity contribution < 1.29 is 29.1 Å². The summed E-state index contributed by atoms with van der Waals surface area (Å²) in [6.07, 6.45) is 0. The van der Waals surface area contributed by atoms with E-state index >= 15 is 0 Å². The summed E-state index contributed by atoms with van der Waals surface area (Å²) >= 11 is 0. The number of aliphatic hydroxyl groups excluding tert-OH is 1. The Balaban J connectivity index is 2.17. The van der Waals surface area contributed by atoms with Gasteiger partial charge in [-0.15, -0.1) is 0 Å². The number of carbonyl (C=O) groups is 2. The molecule has 1 aliphatic rings. The fourth-order valence-corrected chi connectivity index (χ4v) is 3.60. The van der Waals surface area contributed by atoms with Crippen LogP contribution in [-0.2, 0) is 14.3 Å². The number of nitro groups is 1. The van der Waals surface area contributed by atoms with Crippen molar-refractivity contribution in [3.63, 3.8) is 0 Å². The van der Waals surface area contributed by atoms with Crippen molar-refractivity contribution in [2.75, 3.05) is 27.4 Å². The zero-order valence-corrected chi connectivity index (χ0v) is 17.3. The molecule has 0 aromatic heterocycles. The Bertz CT molecular complexity index is 1060. The van der Waals surface area contributed by atoms with E-state index in [2.05, 4.69) is 0 Å². The second kappa shape index (κ2) is 8.97. The van der Waals surface area contributed by atoms with Crippen LogP contribution >= 0.6 is 0 Å². The lowest BCUT2D eigenvalue weighted by molar-refractivity contribution is -0.384. The number of hydrogen-bond donors (Lipinski definition) is 1. The molecule has 2 aromatic carbocycles. The van der Waals surface area contributed by atoms with Gasteiger partial charge in [0.05, 0.1) is 30.3 Å². The lowest BCUT2D eigenvalue weighted by Crippen LogP contribution is -2.32. The number of benzene rings is 2. The van der Waals surface area contributed by atoms with E-state index in [-0.39, 0.29) is 30.2 Å². The van der Waals surface area contributed by atoms with Crippen LogP contribution in [0.1, 0.15) is 22.7 Å². The highest BCUT2D eigenvalue weighted by Crippen LogP contribution is 2.40. The summed E-state index contributed by atoms with van der Waals surface area (Å²) in [7, 11) is 2.99. The largest absolute Gasteiger partial charge is 0.507 e. The Morgan fingerprint density at radius 1 is 1.16 bits per heavy atom. The molecular weight excluding hydrogens is 404 g/mol. The van der Waals surface area contributed by atoms with Crippen LogP contribution in [0.2, 0.25) is 0 Å². The molecule has 1 fully saturated rings. The number of rotatable bonds is 7. The van der Waals surface area contributed by atoms with Crippen molar-refractivity contribution in [2.24, 2.45) is 0 Å². The molecule has 0 bridgehead atoms. The molecule has 1 heterocycles. The number of carbonyl (C=O) groups excluding carboxylic acids is 2. The third-order valence-electron chi connectivity index (χ3n) is 5.18. The third kappa shape index (κ3) is 4.13. The van der Waals surface area contributed by atoms with Crippen molar-refractivity contribution in [3.8, 4) is 5.75 Å². The number of non-ortho nitro benzene ring substituents is 1. The molecule has 0 saturated carbocycles. The van der Waals surface area contributed by atoms with Gasteiger partial charge in [0.2, 0.25) is 0 Å². The van der Waals surface area contributed by atoms with Crippen LogP contribution in [0.4, 0.5) is 5.69 Å². The summed E-state index contributed by atoms with van der Waals surface area (Å²) in [5.41, 5.74) is 1.31. The molecule has 1 saturated heterocycles. The molecule has 1 atom stereocenters. The van der Waals surface area contributed by atoms with Gasteiger partial charge in [0, 0.05) is 31.4 Å². The number of aliphatic hydroxyl groups is 1. The number of amides is 1. The van der Waals surface area contributed by atoms with Gasteiger partial charge in [0.1, 0.15) is 11.5 Å². The maximum atomic E-state index is 12.9. The first-order valence-corrected chi connectivity index (χ1v) is 9.46. The topological polar surface area (TPSA) is 119 Å². The summed E-state index contributed by atoms with van der Waals surface area (Å²) in [5, 5.41) is 22.1. The third-order valence-corrected chi connectivity index (χ3v) is 5.18. The molecule has 1 amide bonds.